The number of benzene rings is 2. The summed E-state index contributed by atoms with van der Waals surface area (Å²) in [6, 6.07) is 9.72. The van der Waals surface area contributed by atoms with Crippen LogP contribution in [0.1, 0.15) is 10.4 Å². The van der Waals surface area contributed by atoms with Crippen molar-refractivity contribution < 1.29 is 13.9 Å². The van der Waals surface area contributed by atoms with Crippen LogP contribution < -0.4 is 0 Å². The van der Waals surface area contributed by atoms with Crippen molar-refractivity contribution in [3.05, 3.63) is 54.0 Å². The second-order valence-electron chi connectivity index (χ2n) is 4.36. The van der Waals surface area contributed by atoms with Crippen LogP contribution in [0, 0.1) is 5.82 Å². The Hall–Kier alpha value is -2.69. The smallest absolute Gasteiger partial charge is 0.340 e. The summed E-state index contributed by atoms with van der Waals surface area (Å²) in [6.07, 6.45) is 1.62. The van der Waals surface area contributed by atoms with E-state index in [4.69, 9.17) is 4.74 Å². The van der Waals surface area contributed by atoms with Gasteiger partial charge in [0.05, 0.1) is 24.4 Å². The third kappa shape index (κ3) is 2.03. The van der Waals surface area contributed by atoms with Gasteiger partial charge in [0, 0.05) is 5.39 Å². The molecule has 0 saturated heterocycles. The Morgan fingerprint density at radius 2 is 2.10 bits per heavy atom. The first-order valence-corrected chi connectivity index (χ1v) is 6.00. The number of nitrogens with zero attached hydrogens (tertiary/aromatic N) is 1. The van der Waals surface area contributed by atoms with Crippen LogP contribution in [0.15, 0.2) is 42.6 Å². The third-order valence-electron chi connectivity index (χ3n) is 3.11. The Labute approximate surface area is 114 Å². The van der Waals surface area contributed by atoms with Gasteiger partial charge in [-0.05, 0) is 35.4 Å². The number of carbonyl (C=O) groups is 1. The number of H-pyrrole nitrogens is 1. The van der Waals surface area contributed by atoms with E-state index >= 15 is 0 Å². The van der Waals surface area contributed by atoms with Gasteiger partial charge in [-0.15, -0.1) is 0 Å². The van der Waals surface area contributed by atoms with Crippen molar-refractivity contribution in [3.63, 3.8) is 0 Å². The van der Waals surface area contributed by atoms with Crippen LogP contribution in [0.4, 0.5) is 4.39 Å². The summed E-state index contributed by atoms with van der Waals surface area (Å²) >= 11 is 0. The first-order chi connectivity index (χ1) is 9.69. The molecule has 0 bridgehead atoms. The summed E-state index contributed by atoms with van der Waals surface area (Å²) in [6.45, 7) is 0. The van der Waals surface area contributed by atoms with Crippen LogP contribution in [-0.2, 0) is 4.74 Å². The highest BCUT2D eigenvalue weighted by molar-refractivity contribution is 6.04. The number of hydrogen-bond acceptors (Lipinski definition) is 3. The molecule has 0 aliphatic heterocycles. The summed E-state index contributed by atoms with van der Waals surface area (Å²) < 4.78 is 18.1. The molecule has 0 saturated carbocycles. The van der Waals surface area contributed by atoms with Gasteiger partial charge in [0.1, 0.15) is 5.82 Å². The van der Waals surface area contributed by atoms with E-state index in [0.29, 0.717) is 16.6 Å². The molecular weight excluding hydrogens is 259 g/mol. The van der Waals surface area contributed by atoms with Gasteiger partial charge in [0.2, 0.25) is 0 Å². The zero-order valence-electron chi connectivity index (χ0n) is 10.7. The third-order valence-corrected chi connectivity index (χ3v) is 3.11. The molecule has 0 atom stereocenters. The van der Waals surface area contributed by atoms with Crippen molar-refractivity contribution in [3.8, 4) is 11.1 Å². The van der Waals surface area contributed by atoms with E-state index in [1.54, 1.807) is 24.4 Å². The molecule has 2 aromatic carbocycles. The van der Waals surface area contributed by atoms with Crippen molar-refractivity contribution in [2.45, 2.75) is 0 Å². The highest BCUT2D eigenvalue weighted by Gasteiger charge is 2.14. The minimum absolute atomic E-state index is 0.325. The fourth-order valence-corrected chi connectivity index (χ4v) is 2.16. The lowest BCUT2D eigenvalue weighted by Crippen LogP contribution is -2.02. The molecule has 5 heteroatoms. The monoisotopic (exact) mass is 270 g/mol. The molecule has 100 valence electrons. The Bertz CT molecular complexity index is 795. The van der Waals surface area contributed by atoms with Crippen molar-refractivity contribution in [2.75, 3.05) is 7.11 Å². The van der Waals surface area contributed by atoms with E-state index in [1.807, 2.05) is 6.07 Å². The minimum Gasteiger partial charge on any atom is -0.465 e. The van der Waals surface area contributed by atoms with Gasteiger partial charge in [-0.1, -0.05) is 12.1 Å². The number of carbonyl (C=O) groups excluding carboxylic acids is 1. The largest absolute Gasteiger partial charge is 0.465 e. The van der Waals surface area contributed by atoms with E-state index in [-0.39, 0.29) is 5.82 Å². The number of ether oxygens (including phenoxy) is 1. The molecule has 1 heterocycles. The van der Waals surface area contributed by atoms with E-state index in [9.17, 15) is 9.18 Å². The van der Waals surface area contributed by atoms with Crippen molar-refractivity contribution in [2.24, 2.45) is 0 Å². The predicted octanol–water partition coefficient (Wildman–Crippen LogP) is 3.16. The molecule has 1 aromatic heterocycles. The molecule has 0 aliphatic rings. The quantitative estimate of drug-likeness (QED) is 0.728. The van der Waals surface area contributed by atoms with Crippen LogP contribution in [0.5, 0.6) is 0 Å². The van der Waals surface area contributed by atoms with Crippen LogP contribution in [0.3, 0.4) is 0 Å². The van der Waals surface area contributed by atoms with Gasteiger partial charge < -0.3 is 4.74 Å². The second-order valence-corrected chi connectivity index (χ2v) is 4.36. The summed E-state index contributed by atoms with van der Waals surface area (Å²) in [5.41, 5.74) is 2.41. The Morgan fingerprint density at radius 3 is 2.85 bits per heavy atom. The molecule has 20 heavy (non-hydrogen) atoms. The molecule has 1 N–H and O–H groups in total. The Balaban J connectivity index is 2.24. The maximum Gasteiger partial charge on any atom is 0.340 e. The van der Waals surface area contributed by atoms with Gasteiger partial charge in [-0.25, -0.2) is 9.18 Å². The zero-order chi connectivity index (χ0) is 14.1. The molecule has 0 aliphatic carbocycles. The Kier molecular flexibility index (Phi) is 2.95. The summed E-state index contributed by atoms with van der Waals surface area (Å²) in [4.78, 5) is 11.8. The molecule has 0 fully saturated rings. The van der Waals surface area contributed by atoms with E-state index < -0.39 is 5.97 Å². The van der Waals surface area contributed by atoms with Gasteiger partial charge in [-0.2, -0.15) is 5.10 Å². The zero-order valence-corrected chi connectivity index (χ0v) is 10.7. The number of halogens is 1. The molecular formula is C15H11FN2O2. The number of aromatic nitrogens is 2. The van der Waals surface area contributed by atoms with Crippen molar-refractivity contribution in [1.82, 2.24) is 10.2 Å². The molecule has 0 spiro atoms. The number of aromatic amines is 1. The van der Waals surface area contributed by atoms with Crippen LogP contribution in [0.25, 0.3) is 22.0 Å². The summed E-state index contributed by atoms with van der Waals surface area (Å²) in [5, 5.41) is 7.46. The van der Waals surface area contributed by atoms with Crippen LogP contribution in [-0.4, -0.2) is 23.3 Å². The van der Waals surface area contributed by atoms with Crippen molar-refractivity contribution in [1.29, 1.82) is 0 Å². The maximum absolute atomic E-state index is 13.3. The highest BCUT2D eigenvalue weighted by atomic mass is 19.1. The number of nitrogens with one attached hydrogen (secondary N) is 1. The molecule has 0 radical (unpaired) electrons. The molecule has 0 unspecified atom stereocenters. The second kappa shape index (κ2) is 4.77. The van der Waals surface area contributed by atoms with E-state index in [1.165, 1.54) is 19.2 Å². The summed E-state index contributed by atoms with van der Waals surface area (Å²) in [7, 11) is 1.32. The van der Waals surface area contributed by atoms with Crippen LogP contribution in [0.2, 0.25) is 0 Å². The molecule has 3 aromatic rings. The normalized spacial score (nSPS) is 10.7. The fourth-order valence-electron chi connectivity index (χ4n) is 2.16. The topological polar surface area (TPSA) is 55.0 Å². The first-order valence-electron chi connectivity index (χ1n) is 6.00. The molecule has 3 rings (SSSR count). The fraction of sp³-hybridized carbons (Fsp3) is 0.0667. The number of rotatable bonds is 2. The number of methoxy groups -OCH3 is 1. The van der Waals surface area contributed by atoms with Gasteiger partial charge in [0.15, 0.2) is 0 Å². The van der Waals surface area contributed by atoms with Crippen LogP contribution >= 0.6 is 0 Å². The number of hydrogen-bond donors (Lipinski definition) is 1. The lowest BCUT2D eigenvalue weighted by Gasteiger charge is -2.06. The SMILES string of the molecule is COC(=O)c1cc(-c2cccc(F)c2)cc2cn[nH]c12. The maximum atomic E-state index is 13.3. The first kappa shape index (κ1) is 12.3. The summed E-state index contributed by atoms with van der Waals surface area (Å²) in [5.74, 6) is -0.785. The average Bonchev–Trinajstić information content (AvgIpc) is 2.93. The molecule has 0 amide bonds. The number of fused-ring (bicyclic) bond motifs is 1. The van der Waals surface area contributed by atoms with E-state index in [2.05, 4.69) is 10.2 Å². The highest BCUT2D eigenvalue weighted by Crippen LogP contribution is 2.27. The standard InChI is InChI=1S/C15H11FN2O2/c1-20-15(19)13-7-10(5-11-8-17-18-14(11)13)9-3-2-4-12(16)6-9/h2-8H,1H3,(H,17,18). The van der Waals surface area contributed by atoms with E-state index in [0.717, 1.165) is 10.9 Å². The Morgan fingerprint density at radius 1 is 1.25 bits per heavy atom. The molecule has 4 nitrogen and oxygen atoms in total. The average molecular weight is 270 g/mol. The number of esters is 1. The van der Waals surface area contributed by atoms with Gasteiger partial charge in [-0.3, -0.25) is 5.10 Å². The predicted molar refractivity (Wildman–Crippen MR) is 72.8 cm³/mol. The lowest BCUT2D eigenvalue weighted by molar-refractivity contribution is 0.0603. The lowest BCUT2D eigenvalue weighted by atomic mass is 10.0. The van der Waals surface area contributed by atoms with Gasteiger partial charge >= 0.3 is 5.97 Å². The van der Waals surface area contributed by atoms with Crippen molar-refractivity contribution >= 4 is 16.9 Å². The van der Waals surface area contributed by atoms with Gasteiger partial charge in [0.25, 0.3) is 0 Å². The minimum atomic E-state index is -0.461.